The molecule has 0 atom stereocenters. The summed E-state index contributed by atoms with van der Waals surface area (Å²) in [6, 6.07) is 4.81. The second-order valence-electron chi connectivity index (χ2n) is 3.54. The molecule has 2 aromatic heterocycles. The number of thiophene rings is 1. The molecule has 0 unspecified atom stereocenters. The number of aromatic nitrogens is 2. The fraction of sp³-hybridized carbons (Fsp3) is 0.0909. The Labute approximate surface area is 93.6 Å². The second-order valence-corrected chi connectivity index (χ2v) is 4.60. The molecule has 80 valence electrons. The number of hydrogen-bond acceptors (Lipinski definition) is 3. The van der Waals surface area contributed by atoms with Crippen LogP contribution in [0.3, 0.4) is 0 Å². The van der Waals surface area contributed by atoms with Gasteiger partial charge in [-0.05, 0) is 19.1 Å². The number of rotatable bonds is 0. The summed E-state index contributed by atoms with van der Waals surface area (Å²) >= 11 is 1.26. The van der Waals surface area contributed by atoms with E-state index < -0.39 is 0 Å². The second kappa shape index (κ2) is 3.12. The van der Waals surface area contributed by atoms with E-state index in [4.69, 9.17) is 0 Å². The molecular formula is C11H7FN2OS. The van der Waals surface area contributed by atoms with Crippen LogP contribution in [0.1, 0.15) is 5.82 Å². The Kier molecular flexibility index (Phi) is 1.85. The van der Waals surface area contributed by atoms with Crippen molar-refractivity contribution in [2.24, 2.45) is 0 Å². The van der Waals surface area contributed by atoms with E-state index in [0.717, 1.165) is 4.70 Å². The molecule has 0 aliphatic heterocycles. The van der Waals surface area contributed by atoms with E-state index in [0.29, 0.717) is 21.4 Å². The van der Waals surface area contributed by atoms with Crippen molar-refractivity contribution in [3.8, 4) is 0 Å². The van der Waals surface area contributed by atoms with Crippen molar-refractivity contribution >= 4 is 31.6 Å². The summed E-state index contributed by atoms with van der Waals surface area (Å²) in [4.78, 5) is 18.5. The summed E-state index contributed by atoms with van der Waals surface area (Å²) in [7, 11) is 0. The van der Waals surface area contributed by atoms with Crippen LogP contribution in [-0.4, -0.2) is 9.97 Å². The zero-order chi connectivity index (χ0) is 11.3. The Morgan fingerprint density at radius 3 is 3.06 bits per heavy atom. The van der Waals surface area contributed by atoms with Crippen LogP contribution in [0.15, 0.2) is 23.0 Å². The first kappa shape index (κ1) is 9.47. The standard InChI is InChI=1S/C11H7FN2OS/c1-5-13-9-8-6(12)3-2-4-7(8)16-10(9)11(15)14-5/h2-4H,1H3,(H,13,14,15). The molecule has 2 heterocycles. The van der Waals surface area contributed by atoms with Crippen LogP contribution in [0.4, 0.5) is 4.39 Å². The number of nitrogens with one attached hydrogen (secondary N) is 1. The highest BCUT2D eigenvalue weighted by Crippen LogP contribution is 2.31. The van der Waals surface area contributed by atoms with Crippen molar-refractivity contribution in [2.45, 2.75) is 6.92 Å². The molecule has 16 heavy (non-hydrogen) atoms. The Balaban J connectivity index is 2.69. The SMILES string of the molecule is Cc1nc2c(sc3cccc(F)c32)c(=O)[nH]1. The van der Waals surface area contributed by atoms with Gasteiger partial charge in [-0.1, -0.05) is 6.07 Å². The van der Waals surface area contributed by atoms with Gasteiger partial charge in [-0.3, -0.25) is 4.79 Å². The molecule has 0 saturated heterocycles. The average Bonchev–Trinajstić information content (AvgIpc) is 2.58. The van der Waals surface area contributed by atoms with Crippen LogP contribution in [0.2, 0.25) is 0 Å². The van der Waals surface area contributed by atoms with Crippen molar-refractivity contribution in [1.82, 2.24) is 9.97 Å². The Bertz CT molecular complexity index is 760. The minimum atomic E-state index is -0.332. The number of benzene rings is 1. The summed E-state index contributed by atoms with van der Waals surface area (Å²) in [6.45, 7) is 1.69. The zero-order valence-electron chi connectivity index (χ0n) is 8.37. The third-order valence-corrected chi connectivity index (χ3v) is 3.56. The van der Waals surface area contributed by atoms with Gasteiger partial charge in [-0.25, -0.2) is 9.37 Å². The Hall–Kier alpha value is -1.75. The number of nitrogens with zero attached hydrogens (tertiary/aromatic N) is 1. The highest BCUT2D eigenvalue weighted by molar-refractivity contribution is 7.25. The normalized spacial score (nSPS) is 11.4. The number of halogens is 1. The molecule has 0 aliphatic rings. The molecule has 3 rings (SSSR count). The van der Waals surface area contributed by atoms with E-state index in [1.165, 1.54) is 17.4 Å². The first-order valence-corrected chi connectivity index (χ1v) is 5.56. The lowest BCUT2D eigenvalue weighted by Crippen LogP contribution is -2.07. The average molecular weight is 234 g/mol. The lowest BCUT2D eigenvalue weighted by Gasteiger charge is -1.94. The third kappa shape index (κ3) is 1.18. The number of fused-ring (bicyclic) bond motifs is 3. The van der Waals surface area contributed by atoms with E-state index >= 15 is 0 Å². The van der Waals surface area contributed by atoms with Gasteiger partial charge in [0.05, 0.1) is 10.9 Å². The van der Waals surface area contributed by atoms with Crippen LogP contribution in [-0.2, 0) is 0 Å². The molecule has 0 bridgehead atoms. The molecule has 0 saturated carbocycles. The predicted octanol–water partition coefficient (Wildman–Crippen LogP) is 2.59. The van der Waals surface area contributed by atoms with Gasteiger partial charge in [0.1, 0.15) is 16.3 Å². The van der Waals surface area contributed by atoms with Crippen molar-refractivity contribution in [3.63, 3.8) is 0 Å². The van der Waals surface area contributed by atoms with Crippen molar-refractivity contribution in [3.05, 3.63) is 40.2 Å². The topological polar surface area (TPSA) is 45.8 Å². The maximum absolute atomic E-state index is 13.7. The molecule has 0 amide bonds. The van der Waals surface area contributed by atoms with Gasteiger partial charge < -0.3 is 4.98 Å². The van der Waals surface area contributed by atoms with Gasteiger partial charge in [-0.2, -0.15) is 0 Å². The van der Waals surface area contributed by atoms with Crippen LogP contribution in [0.5, 0.6) is 0 Å². The summed E-state index contributed by atoms with van der Waals surface area (Å²) in [5.41, 5.74) is 0.252. The van der Waals surface area contributed by atoms with Crippen LogP contribution >= 0.6 is 11.3 Å². The van der Waals surface area contributed by atoms with Crippen LogP contribution in [0.25, 0.3) is 20.3 Å². The maximum Gasteiger partial charge on any atom is 0.268 e. The van der Waals surface area contributed by atoms with Gasteiger partial charge >= 0.3 is 0 Å². The smallest absolute Gasteiger partial charge is 0.268 e. The van der Waals surface area contributed by atoms with Gasteiger partial charge in [-0.15, -0.1) is 11.3 Å². The predicted molar refractivity (Wildman–Crippen MR) is 62.4 cm³/mol. The van der Waals surface area contributed by atoms with Crippen LogP contribution < -0.4 is 5.56 Å². The van der Waals surface area contributed by atoms with Gasteiger partial charge in [0, 0.05) is 4.70 Å². The highest BCUT2D eigenvalue weighted by atomic mass is 32.1. The molecule has 1 N–H and O–H groups in total. The zero-order valence-corrected chi connectivity index (χ0v) is 9.19. The minimum absolute atomic E-state index is 0.205. The van der Waals surface area contributed by atoms with E-state index in [1.54, 1.807) is 19.1 Å². The fourth-order valence-corrected chi connectivity index (χ4v) is 2.82. The largest absolute Gasteiger partial charge is 0.310 e. The molecule has 0 aliphatic carbocycles. The Morgan fingerprint density at radius 2 is 2.25 bits per heavy atom. The quantitative estimate of drug-likeness (QED) is 0.649. The summed E-state index contributed by atoms with van der Waals surface area (Å²) < 4.78 is 14.9. The molecule has 3 aromatic rings. The first-order chi connectivity index (χ1) is 7.66. The number of aromatic amines is 1. The summed E-state index contributed by atoms with van der Waals surface area (Å²) in [5, 5.41) is 0.441. The molecular weight excluding hydrogens is 227 g/mol. The highest BCUT2D eigenvalue weighted by Gasteiger charge is 2.13. The lowest BCUT2D eigenvalue weighted by atomic mass is 10.2. The van der Waals surface area contributed by atoms with Gasteiger partial charge in [0.15, 0.2) is 0 Å². The fourth-order valence-electron chi connectivity index (χ4n) is 1.77. The maximum atomic E-state index is 13.7. The molecule has 0 fully saturated rings. The van der Waals surface area contributed by atoms with E-state index in [1.807, 2.05) is 0 Å². The molecule has 5 heteroatoms. The van der Waals surface area contributed by atoms with E-state index in [2.05, 4.69) is 9.97 Å². The Morgan fingerprint density at radius 1 is 1.44 bits per heavy atom. The summed E-state index contributed by atoms with van der Waals surface area (Å²) in [6.07, 6.45) is 0. The number of aryl methyl sites for hydroxylation is 1. The summed E-state index contributed by atoms with van der Waals surface area (Å²) in [5.74, 6) is 0.168. The lowest BCUT2D eigenvalue weighted by molar-refractivity contribution is 0.640. The number of hydrogen-bond donors (Lipinski definition) is 1. The monoisotopic (exact) mass is 234 g/mol. The molecule has 1 aromatic carbocycles. The molecule has 0 radical (unpaired) electrons. The third-order valence-electron chi connectivity index (χ3n) is 2.42. The van der Waals surface area contributed by atoms with E-state index in [-0.39, 0.29) is 11.4 Å². The van der Waals surface area contributed by atoms with Crippen molar-refractivity contribution < 1.29 is 4.39 Å². The van der Waals surface area contributed by atoms with Crippen molar-refractivity contribution in [2.75, 3.05) is 0 Å². The molecule has 3 nitrogen and oxygen atoms in total. The first-order valence-electron chi connectivity index (χ1n) is 4.74. The number of H-pyrrole nitrogens is 1. The van der Waals surface area contributed by atoms with Gasteiger partial charge in [0.25, 0.3) is 5.56 Å². The van der Waals surface area contributed by atoms with E-state index in [9.17, 15) is 9.18 Å². The van der Waals surface area contributed by atoms with Crippen molar-refractivity contribution in [1.29, 1.82) is 0 Å². The van der Waals surface area contributed by atoms with Crippen LogP contribution in [0, 0.1) is 12.7 Å². The molecule has 0 spiro atoms. The van der Waals surface area contributed by atoms with Gasteiger partial charge in [0.2, 0.25) is 0 Å². The minimum Gasteiger partial charge on any atom is -0.310 e.